The van der Waals surface area contributed by atoms with Gasteiger partial charge in [0.15, 0.2) is 12.3 Å². The van der Waals surface area contributed by atoms with Gasteiger partial charge in [-0.05, 0) is 24.3 Å². The molecule has 0 saturated heterocycles. The molecule has 0 bridgehead atoms. The van der Waals surface area contributed by atoms with E-state index in [4.69, 9.17) is 15.1 Å². The number of pyridine rings is 2. The van der Waals surface area contributed by atoms with Gasteiger partial charge in [0, 0.05) is 13.2 Å². The highest BCUT2D eigenvalue weighted by molar-refractivity contribution is 6.08. The summed E-state index contributed by atoms with van der Waals surface area (Å²) in [5.41, 5.74) is 7.00. The number of aromatic nitrogens is 4. The Morgan fingerprint density at radius 1 is 1.29 bits per heavy atom. The SMILES string of the molecule is Cn1oc(=O)nc1C(=NOCc1cccc(N)n1)c1ccccn1. The van der Waals surface area contributed by atoms with E-state index in [9.17, 15) is 4.79 Å². The standard InChI is InChI=1S/C15H14N6O3/c1-21-14(19-15(22)24-21)13(11-6-2-3-8-17-11)20-23-9-10-5-4-7-12(16)18-10/h2-8H,9H2,1H3,(H2,16,18). The van der Waals surface area contributed by atoms with E-state index in [0.29, 0.717) is 17.2 Å². The van der Waals surface area contributed by atoms with Crippen LogP contribution in [-0.4, -0.2) is 25.4 Å². The highest BCUT2D eigenvalue weighted by Crippen LogP contribution is 2.07. The third-order valence-electron chi connectivity index (χ3n) is 3.03. The molecule has 0 atom stereocenters. The van der Waals surface area contributed by atoms with Gasteiger partial charge < -0.3 is 15.1 Å². The predicted octanol–water partition coefficient (Wildman–Crippen LogP) is 0.715. The fourth-order valence-electron chi connectivity index (χ4n) is 1.99. The number of rotatable bonds is 5. The lowest BCUT2D eigenvalue weighted by atomic mass is 10.2. The van der Waals surface area contributed by atoms with Crippen molar-refractivity contribution in [2.75, 3.05) is 5.73 Å². The summed E-state index contributed by atoms with van der Waals surface area (Å²) >= 11 is 0. The molecule has 0 aromatic carbocycles. The molecule has 122 valence electrons. The number of nitrogen functional groups attached to an aromatic ring is 1. The molecule has 3 heterocycles. The van der Waals surface area contributed by atoms with Crippen LogP contribution in [0.4, 0.5) is 5.82 Å². The Kier molecular flexibility index (Phi) is 4.32. The van der Waals surface area contributed by atoms with E-state index in [0.717, 1.165) is 0 Å². The molecule has 0 spiro atoms. The van der Waals surface area contributed by atoms with Crippen molar-refractivity contribution in [2.45, 2.75) is 6.61 Å². The lowest BCUT2D eigenvalue weighted by Crippen LogP contribution is -2.13. The van der Waals surface area contributed by atoms with Crippen LogP contribution in [0.5, 0.6) is 0 Å². The average Bonchev–Trinajstić information content (AvgIpc) is 2.91. The molecule has 9 nitrogen and oxygen atoms in total. The molecule has 3 aromatic rings. The van der Waals surface area contributed by atoms with Gasteiger partial charge >= 0.3 is 5.76 Å². The molecule has 0 aliphatic carbocycles. The molecule has 0 radical (unpaired) electrons. The molecule has 3 rings (SSSR count). The molecule has 0 amide bonds. The van der Waals surface area contributed by atoms with Crippen molar-refractivity contribution < 1.29 is 9.36 Å². The number of hydrogen-bond acceptors (Lipinski definition) is 8. The minimum absolute atomic E-state index is 0.104. The van der Waals surface area contributed by atoms with E-state index in [1.54, 1.807) is 49.6 Å². The van der Waals surface area contributed by atoms with Gasteiger partial charge in [0.05, 0.1) is 11.4 Å². The zero-order valence-corrected chi connectivity index (χ0v) is 12.8. The van der Waals surface area contributed by atoms with Crippen LogP contribution < -0.4 is 11.5 Å². The van der Waals surface area contributed by atoms with Crippen LogP contribution in [0.2, 0.25) is 0 Å². The first kappa shape index (κ1) is 15.4. The fraction of sp³-hybridized carbons (Fsp3) is 0.133. The molecule has 0 aliphatic heterocycles. The second-order valence-electron chi connectivity index (χ2n) is 4.77. The smallest absolute Gasteiger partial charge is 0.389 e. The summed E-state index contributed by atoms with van der Waals surface area (Å²) in [5.74, 6) is -0.128. The van der Waals surface area contributed by atoms with Gasteiger partial charge in [-0.3, -0.25) is 4.98 Å². The Morgan fingerprint density at radius 2 is 2.17 bits per heavy atom. The summed E-state index contributed by atoms with van der Waals surface area (Å²) < 4.78 is 6.06. The van der Waals surface area contributed by atoms with Crippen LogP contribution in [-0.2, 0) is 18.5 Å². The van der Waals surface area contributed by atoms with Crippen LogP contribution in [0.25, 0.3) is 0 Å². The van der Waals surface area contributed by atoms with E-state index in [-0.39, 0.29) is 18.1 Å². The molecule has 24 heavy (non-hydrogen) atoms. The first-order valence-corrected chi connectivity index (χ1v) is 7.01. The minimum Gasteiger partial charge on any atom is -0.389 e. The monoisotopic (exact) mass is 326 g/mol. The average molecular weight is 326 g/mol. The third kappa shape index (κ3) is 3.46. The Labute approximate surface area is 136 Å². The van der Waals surface area contributed by atoms with E-state index in [1.807, 2.05) is 0 Å². The second kappa shape index (κ2) is 6.73. The minimum atomic E-state index is -0.728. The first-order chi connectivity index (χ1) is 11.6. The molecule has 0 unspecified atom stereocenters. The quantitative estimate of drug-likeness (QED) is 0.541. The molecular weight excluding hydrogens is 312 g/mol. The summed E-state index contributed by atoms with van der Waals surface area (Å²) in [6, 6.07) is 10.5. The van der Waals surface area contributed by atoms with Crippen molar-refractivity contribution in [3.05, 3.63) is 70.4 Å². The van der Waals surface area contributed by atoms with Gasteiger partial charge in [-0.1, -0.05) is 17.3 Å². The molecule has 2 N–H and O–H groups in total. The molecule has 3 aromatic heterocycles. The Bertz CT molecular complexity index is 916. The normalized spacial score (nSPS) is 11.5. The maximum Gasteiger partial charge on any atom is 0.460 e. The maximum atomic E-state index is 11.3. The number of anilines is 1. The van der Waals surface area contributed by atoms with Crippen molar-refractivity contribution in [3.8, 4) is 0 Å². The number of oxime groups is 1. The molecule has 0 fully saturated rings. The number of hydrogen-bond donors (Lipinski definition) is 1. The first-order valence-electron chi connectivity index (χ1n) is 7.01. The van der Waals surface area contributed by atoms with Crippen molar-refractivity contribution in [1.29, 1.82) is 0 Å². The number of nitrogens with two attached hydrogens (primary N) is 1. The topological polar surface area (TPSA) is 121 Å². The zero-order chi connectivity index (χ0) is 16.9. The van der Waals surface area contributed by atoms with Gasteiger partial charge in [0.2, 0.25) is 5.82 Å². The largest absolute Gasteiger partial charge is 0.460 e. The summed E-state index contributed by atoms with van der Waals surface area (Å²) in [7, 11) is 1.54. The number of nitrogens with zero attached hydrogens (tertiary/aromatic N) is 5. The van der Waals surface area contributed by atoms with Crippen molar-refractivity contribution >= 4 is 11.5 Å². The second-order valence-corrected chi connectivity index (χ2v) is 4.77. The van der Waals surface area contributed by atoms with Crippen LogP contribution in [0.15, 0.2) is 57.1 Å². The Balaban J connectivity index is 1.90. The van der Waals surface area contributed by atoms with E-state index in [1.165, 1.54) is 4.74 Å². The third-order valence-corrected chi connectivity index (χ3v) is 3.03. The van der Waals surface area contributed by atoms with E-state index in [2.05, 4.69) is 20.1 Å². The van der Waals surface area contributed by atoms with E-state index >= 15 is 0 Å². The number of aryl methyl sites for hydroxylation is 1. The lowest BCUT2D eigenvalue weighted by Gasteiger charge is -2.05. The van der Waals surface area contributed by atoms with Gasteiger partial charge in [-0.15, -0.1) is 0 Å². The van der Waals surface area contributed by atoms with Gasteiger partial charge in [0.25, 0.3) is 0 Å². The van der Waals surface area contributed by atoms with E-state index < -0.39 is 5.76 Å². The summed E-state index contributed by atoms with van der Waals surface area (Å²) in [6.07, 6.45) is 1.60. The summed E-state index contributed by atoms with van der Waals surface area (Å²) in [4.78, 5) is 28.8. The predicted molar refractivity (Wildman–Crippen MR) is 85.1 cm³/mol. The van der Waals surface area contributed by atoms with Gasteiger partial charge in [0.1, 0.15) is 5.82 Å². The lowest BCUT2D eigenvalue weighted by molar-refractivity contribution is 0.127. The fourth-order valence-corrected chi connectivity index (χ4v) is 1.99. The van der Waals surface area contributed by atoms with Crippen LogP contribution >= 0.6 is 0 Å². The summed E-state index contributed by atoms with van der Waals surface area (Å²) in [5, 5.41) is 4.05. The van der Waals surface area contributed by atoms with Gasteiger partial charge in [-0.25, -0.2) is 9.78 Å². The maximum absolute atomic E-state index is 11.3. The summed E-state index contributed by atoms with van der Waals surface area (Å²) in [6.45, 7) is 0.104. The van der Waals surface area contributed by atoms with Crippen LogP contribution in [0, 0.1) is 0 Å². The highest BCUT2D eigenvalue weighted by atomic mass is 16.6. The van der Waals surface area contributed by atoms with Crippen LogP contribution in [0.1, 0.15) is 17.2 Å². The van der Waals surface area contributed by atoms with Crippen molar-refractivity contribution in [3.63, 3.8) is 0 Å². The highest BCUT2D eigenvalue weighted by Gasteiger charge is 2.17. The van der Waals surface area contributed by atoms with Crippen LogP contribution in [0.3, 0.4) is 0 Å². The molecular formula is C15H14N6O3. The molecule has 0 saturated carbocycles. The molecule has 0 aliphatic rings. The molecule has 9 heteroatoms. The Hall–Kier alpha value is -3.49. The van der Waals surface area contributed by atoms with Gasteiger partial charge in [-0.2, -0.15) is 9.72 Å². The zero-order valence-electron chi connectivity index (χ0n) is 12.8. The Morgan fingerprint density at radius 3 is 2.83 bits per heavy atom. The van der Waals surface area contributed by atoms with Crippen molar-refractivity contribution in [1.82, 2.24) is 19.7 Å². The van der Waals surface area contributed by atoms with Crippen molar-refractivity contribution in [2.24, 2.45) is 12.2 Å².